The van der Waals surface area contributed by atoms with Crippen LogP contribution in [0, 0.1) is 0 Å². The number of fused-ring (bicyclic) bond motifs is 1. The Morgan fingerprint density at radius 3 is 2.83 bits per heavy atom. The van der Waals surface area contributed by atoms with Gasteiger partial charge in [0.2, 0.25) is 0 Å². The van der Waals surface area contributed by atoms with Crippen LogP contribution in [0.15, 0.2) is 41.1 Å². The van der Waals surface area contributed by atoms with Crippen LogP contribution in [0.5, 0.6) is 0 Å². The molecule has 3 rings (SSSR count). The molecule has 0 saturated carbocycles. The Morgan fingerprint density at radius 1 is 1.33 bits per heavy atom. The summed E-state index contributed by atoms with van der Waals surface area (Å²) < 4.78 is 2.74. The zero-order valence-corrected chi connectivity index (χ0v) is 11.4. The van der Waals surface area contributed by atoms with Crippen molar-refractivity contribution in [3.8, 4) is 10.6 Å². The largest absolute Gasteiger partial charge is 0.477 e. The van der Waals surface area contributed by atoms with Crippen molar-refractivity contribution in [1.82, 2.24) is 9.38 Å². The second kappa shape index (κ2) is 4.22. The summed E-state index contributed by atoms with van der Waals surface area (Å²) in [5.41, 5.74) is 1.59. The number of carboxylic acid groups (broad SMARTS) is 1. The van der Waals surface area contributed by atoms with Gasteiger partial charge in [-0.3, -0.25) is 4.40 Å². The number of aromatic nitrogens is 2. The van der Waals surface area contributed by atoms with Gasteiger partial charge in [0, 0.05) is 6.20 Å². The number of hydrogen-bond acceptors (Lipinski definition) is 3. The number of pyridine rings is 1. The van der Waals surface area contributed by atoms with Crippen molar-refractivity contribution in [2.24, 2.45) is 0 Å². The monoisotopic (exact) mass is 322 g/mol. The van der Waals surface area contributed by atoms with Crippen LogP contribution in [0.3, 0.4) is 0 Å². The predicted molar refractivity (Wildman–Crippen MR) is 73.2 cm³/mol. The second-order valence-electron chi connectivity index (χ2n) is 3.65. The molecule has 18 heavy (non-hydrogen) atoms. The van der Waals surface area contributed by atoms with Gasteiger partial charge in [0.25, 0.3) is 0 Å². The van der Waals surface area contributed by atoms with E-state index < -0.39 is 5.97 Å². The fourth-order valence-corrected chi connectivity index (χ4v) is 3.27. The zero-order valence-electron chi connectivity index (χ0n) is 9.00. The molecule has 3 heterocycles. The van der Waals surface area contributed by atoms with Gasteiger partial charge in [0.1, 0.15) is 20.8 Å². The summed E-state index contributed by atoms with van der Waals surface area (Å²) in [4.78, 5) is 16.5. The number of thiophene rings is 1. The van der Waals surface area contributed by atoms with Gasteiger partial charge < -0.3 is 5.11 Å². The third-order valence-corrected chi connectivity index (χ3v) is 4.36. The molecule has 0 aliphatic carbocycles. The predicted octanol–water partition coefficient (Wildman–Crippen LogP) is 3.52. The lowest BCUT2D eigenvalue weighted by Gasteiger charge is -1.93. The van der Waals surface area contributed by atoms with Crippen molar-refractivity contribution in [1.29, 1.82) is 0 Å². The van der Waals surface area contributed by atoms with Crippen LogP contribution in [-0.4, -0.2) is 20.5 Å². The number of hydrogen-bond donors (Lipinski definition) is 1. The molecule has 0 bridgehead atoms. The molecule has 3 aromatic heterocycles. The van der Waals surface area contributed by atoms with Crippen LogP contribution in [0.4, 0.5) is 0 Å². The maximum atomic E-state index is 10.9. The number of aromatic carboxylic acids is 1. The molecule has 0 unspecified atom stereocenters. The molecule has 0 aromatic carbocycles. The maximum Gasteiger partial charge on any atom is 0.345 e. The average Bonchev–Trinajstić information content (AvgIpc) is 2.95. The van der Waals surface area contributed by atoms with Crippen LogP contribution in [0.25, 0.3) is 16.2 Å². The van der Waals surface area contributed by atoms with Gasteiger partial charge in [-0.2, -0.15) is 0 Å². The summed E-state index contributed by atoms with van der Waals surface area (Å²) in [5, 5.41) is 8.93. The molecule has 0 fully saturated rings. The summed E-state index contributed by atoms with van der Waals surface area (Å²) in [6.45, 7) is 0. The van der Waals surface area contributed by atoms with Gasteiger partial charge in [0.15, 0.2) is 0 Å². The molecular formula is C12H7BrN2O2S. The molecule has 0 spiro atoms. The van der Waals surface area contributed by atoms with Gasteiger partial charge >= 0.3 is 5.97 Å². The van der Waals surface area contributed by atoms with Gasteiger partial charge in [-0.15, -0.1) is 11.3 Å². The van der Waals surface area contributed by atoms with Crippen molar-refractivity contribution in [3.05, 3.63) is 46.0 Å². The minimum absolute atomic E-state index is 0.314. The maximum absolute atomic E-state index is 10.9. The SMILES string of the molecule is O=C(O)c1ccc(-c2nc3ccccn3c2Br)s1. The van der Waals surface area contributed by atoms with Crippen LogP contribution in [0.2, 0.25) is 0 Å². The quantitative estimate of drug-likeness (QED) is 0.785. The molecule has 4 nitrogen and oxygen atoms in total. The molecule has 0 radical (unpaired) electrons. The first-order valence-corrected chi connectivity index (χ1v) is 6.74. The lowest BCUT2D eigenvalue weighted by atomic mass is 10.3. The number of imidazole rings is 1. The van der Waals surface area contributed by atoms with Crippen LogP contribution in [0.1, 0.15) is 9.67 Å². The summed E-state index contributed by atoms with van der Waals surface area (Å²) in [6, 6.07) is 9.11. The third kappa shape index (κ3) is 1.74. The molecular weight excluding hydrogens is 316 g/mol. The Morgan fingerprint density at radius 2 is 2.17 bits per heavy atom. The molecule has 0 aliphatic heterocycles. The molecule has 0 saturated heterocycles. The van der Waals surface area contributed by atoms with Crippen molar-refractivity contribution >= 4 is 38.9 Å². The van der Waals surface area contributed by atoms with Gasteiger partial charge in [-0.25, -0.2) is 9.78 Å². The van der Waals surface area contributed by atoms with Crippen LogP contribution in [-0.2, 0) is 0 Å². The van der Waals surface area contributed by atoms with E-state index in [4.69, 9.17) is 5.11 Å². The highest BCUT2D eigenvalue weighted by molar-refractivity contribution is 9.10. The Kier molecular flexibility index (Phi) is 2.68. The van der Waals surface area contributed by atoms with E-state index in [9.17, 15) is 4.79 Å². The van der Waals surface area contributed by atoms with Crippen LogP contribution < -0.4 is 0 Å². The van der Waals surface area contributed by atoms with Crippen molar-refractivity contribution in [3.63, 3.8) is 0 Å². The van der Waals surface area contributed by atoms with Crippen LogP contribution >= 0.6 is 27.3 Å². The molecule has 6 heteroatoms. The van der Waals surface area contributed by atoms with Gasteiger partial charge in [-0.1, -0.05) is 6.07 Å². The highest BCUT2D eigenvalue weighted by atomic mass is 79.9. The minimum atomic E-state index is -0.911. The lowest BCUT2D eigenvalue weighted by Crippen LogP contribution is -1.89. The molecule has 3 aromatic rings. The van der Waals surface area contributed by atoms with E-state index >= 15 is 0 Å². The van der Waals surface area contributed by atoms with E-state index in [0.29, 0.717) is 4.88 Å². The lowest BCUT2D eigenvalue weighted by molar-refractivity contribution is 0.0702. The third-order valence-electron chi connectivity index (χ3n) is 2.52. The molecule has 0 aliphatic rings. The Hall–Kier alpha value is -1.66. The minimum Gasteiger partial charge on any atom is -0.477 e. The second-order valence-corrected chi connectivity index (χ2v) is 5.48. The van der Waals surface area contributed by atoms with E-state index in [0.717, 1.165) is 20.8 Å². The van der Waals surface area contributed by atoms with Gasteiger partial charge in [0.05, 0.1) is 4.88 Å². The topological polar surface area (TPSA) is 54.6 Å². The Bertz CT molecular complexity index is 747. The summed E-state index contributed by atoms with van der Waals surface area (Å²) in [5.74, 6) is -0.911. The fraction of sp³-hybridized carbons (Fsp3) is 0. The fourth-order valence-electron chi connectivity index (χ4n) is 1.70. The molecule has 1 N–H and O–H groups in total. The average molecular weight is 323 g/mol. The van der Waals surface area contributed by atoms with E-state index in [2.05, 4.69) is 20.9 Å². The highest BCUT2D eigenvalue weighted by Crippen LogP contribution is 2.33. The highest BCUT2D eigenvalue weighted by Gasteiger charge is 2.15. The molecule has 90 valence electrons. The van der Waals surface area contributed by atoms with E-state index in [1.807, 2.05) is 28.8 Å². The Labute approximate surface area is 115 Å². The normalized spacial score (nSPS) is 10.9. The van der Waals surface area contributed by atoms with E-state index in [-0.39, 0.29) is 0 Å². The number of nitrogens with zero attached hydrogens (tertiary/aromatic N) is 2. The first-order chi connectivity index (χ1) is 8.66. The summed E-state index contributed by atoms with van der Waals surface area (Å²) in [7, 11) is 0. The standard InChI is InChI=1S/C12H7BrN2O2S/c13-11-10(7-4-5-8(18-7)12(16)17)14-9-3-1-2-6-15(9)11/h1-6H,(H,16,17). The first kappa shape index (κ1) is 11.4. The number of carboxylic acids is 1. The van der Waals surface area contributed by atoms with E-state index in [1.54, 1.807) is 12.1 Å². The molecule has 0 amide bonds. The summed E-state index contributed by atoms with van der Waals surface area (Å²) in [6.07, 6.45) is 1.90. The van der Waals surface area contributed by atoms with Crippen molar-refractivity contribution in [2.45, 2.75) is 0 Å². The van der Waals surface area contributed by atoms with Crippen molar-refractivity contribution in [2.75, 3.05) is 0 Å². The molecule has 0 atom stereocenters. The Balaban J connectivity index is 2.18. The number of carbonyl (C=O) groups is 1. The van der Waals surface area contributed by atoms with Crippen molar-refractivity contribution < 1.29 is 9.90 Å². The smallest absolute Gasteiger partial charge is 0.345 e. The van der Waals surface area contributed by atoms with Gasteiger partial charge in [-0.05, 0) is 40.2 Å². The zero-order chi connectivity index (χ0) is 12.7. The number of halogens is 1. The van der Waals surface area contributed by atoms with E-state index in [1.165, 1.54) is 11.3 Å². The first-order valence-electron chi connectivity index (χ1n) is 5.13. The number of rotatable bonds is 2. The summed E-state index contributed by atoms with van der Waals surface area (Å²) >= 11 is 4.71.